The SMILES string of the molecule is CN(CC1CC1)S(=O)(=O)c1cccc(CNC2CC2)c1. The van der Waals surface area contributed by atoms with Gasteiger partial charge < -0.3 is 5.32 Å². The standard InChI is InChI=1S/C15H22N2O2S/c1-17(11-12-5-6-12)20(18,19)15-4-2-3-13(9-15)10-16-14-7-8-14/h2-4,9,12,14,16H,5-8,10-11H2,1H3. The summed E-state index contributed by atoms with van der Waals surface area (Å²) in [6.07, 6.45) is 4.79. The molecular weight excluding hydrogens is 272 g/mol. The maximum absolute atomic E-state index is 12.5. The van der Waals surface area contributed by atoms with Crippen molar-refractivity contribution in [2.45, 2.75) is 43.2 Å². The number of benzene rings is 1. The lowest BCUT2D eigenvalue weighted by molar-refractivity contribution is 0.453. The fraction of sp³-hybridized carbons (Fsp3) is 0.600. The van der Waals surface area contributed by atoms with E-state index in [0.717, 1.165) is 24.9 Å². The first kappa shape index (κ1) is 14.0. The molecule has 0 heterocycles. The van der Waals surface area contributed by atoms with Crippen molar-refractivity contribution in [2.75, 3.05) is 13.6 Å². The van der Waals surface area contributed by atoms with Gasteiger partial charge in [-0.15, -0.1) is 0 Å². The van der Waals surface area contributed by atoms with E-state index in [4.69, 9.17) is 0 Å². The first-order valence-corrected chi connectivity index (χ1v) is 8.78. The topological polar surface area (TPSA) is 49.4 Å². The number of nitrogens with one attached hydrogen (secondary N) is 1. The van der Waals surface area contributed by atoms with Gasteiger partial charge in [0.05, 0.1) is 4.90 Å². The van der Waals surface area contributed by atoms with Gasteiger partial charge in [-0.1, -0.05) is 12.1 Å². The molecule has 20 heavy (non-hydrogen) atoms. The van der Waals surface area contributed by atoms with Crippen LogP contribution in [0.5, 0.6) is 0 Å². The van der Waals surface area contributed by atoms with Gasteiger partial charge in [0.15, 0.2) is 0 Å². The molecule has 1 N–H and O–H groups in total. The van der Waals surface area contributed by atoms with Crippen molar-refractivity contribution >= 4 is 10.0 Å². The fourth-order valence-corrected chi connectivity index (χ4v) is 3.63. The zero-order valence-corrected chi connectivity index (χ0v) is 12.7. The van der Waals surface area contributed by atoms with E-state index in [9.17, 15) is 8.42 Å². The van der Waals surface area contributed by atoms with Gasteiger partial charge in [0, 0.05) is 26.2 Å². The van der Waals surface area contributed by atoms with Crippen molar-refractivity contribution in [3.8, 4) is 0 Å². The summed E-state index contributed by atoms with van der Waals surface area (Å²) in [5.74, 6) is 0.564. The molecule has 0 spiro atoms. The monoisotopic (exact) mass is 294 g/mol. The molecule has 2 aliphatic carbocycles. The van der Waals surface area contributed by atoms with Gasteiger partial charge in [0.2, 0.25) is 10.0 Å². The normalized spacial score (nSPS) is 19.5. The van der Waals surface area contributed by atoms with E-state index >= 15 is 0 Å². The van der Waals surface area contributed by atoms with Crippen molar-refractivity contribution in [3.63, 3.8) is 0 Å². The molecule has 0 radical (unpaired) electrons. The lowest BCUT2D eigenvalue weighted by atomic mass is 10.2. The van der Waals surface area contributed by atoms with E-state index in [1.54, 1.807) is 19.2 Å². The van der Waals surface area contributed by atoms with E-state index < -0.39 is 10.0 Å². The van der Waals surface area contributed by atoms with Gasteiger partial charge in [-0.2, -0.15) is 0 Å². The number of rotatable bonds is 7. The Labute approximate surface area is 121 Å². The first-order chi connectivity index (χ1) is 9.55. The van der Waals surface area contributed by atoms with Gasteiger partial charge >= 0.3 is 0 Å². The lowest BCUT2D eigenvalue weighted by Gasteiger charge is -2.17. The largest absolute Gasteiger partial charge is 0.310 e. The predicted octanol–water partition coefficient (Wildman–Crippen LogP) is 1.97. The molecule has 0 unspecified atom stereocenters. The van der Waals surface area contributed by atoms with Crippen LogP contribution in [0.2, 0.25) is 0 Å². The Morgan fingerprint density at radius 3 is 2.65 bits per heavy atom. The van der Waals surface area contributed by atoms with Gasteiger partial charge in [-0.3, -0.25) is 0 Å². The molecule has 0 saturated heterocycles. The summed E-state index contributed by atoms with van der Waals surface area (Å²) < 4.78 is 26.5. The fourth-order valence-electron chi connectivity index (χ4n) is 2.31. The van der Waals surface area contributed by atoms with Crippen LogP contribution in [-0.2, 0) is 16.6 Å². The minimum absolute atomic E-state index is 0.413. The smallest absolute Gasteiger partial charge is 0.242 e. The van der Waals surface area contributed by atoms with Crippen LogP contribution in [0, 0.1) is 5.92 Å². The summed E-state index contributed by atoms with van der Waals surface area (Å²) >= 11 is 0. The summed E-state index contributed by atoms with van der Waals surface area (Å²) in [7, 11) is -1.65. The average molecular weight is 294 g/mol. The van der Waals surface area contributed by atoms with E-state index in [-0.39, 0.29) is 0 Å². The van der Waals surface area contributed by atoms with E-state index in [2.05, 4.69) is 5.32 Å². The average Bonchev–Trinajstić information content (AvgIpc) is 3.31. The molecule has 5 heteroatoms. The van der Waals surface area contributed by atoms with Crippen LogP contribution in [0.1, 0.15) is 31.2 Å². The molecule has 4 nitrogen and oxygen atoms in total. The molecule has 2 aliphatic rings. The minimum atomic E-state index is -3.33. The second kappa shape index (κ2) is 5.47. The predicted molar refractivity (Wildman–Crippen MR) is 78.8 cm³/mol. The van der Waals surface area contributed by atoms with Gasteiger partial charge in [0.1, 0.15) is 0 Å². The Kier molecular flexibility index (Phi) is 3.84. The molecule has 3 rings (SSSR count). The van der Waals surface area contributed by atoms with Crippen molar-refractivity contribution in [3.05, 3.63) is 29.8 Å². The van der Waals surface area contributed by atoms with Gasteiger partial charge in [-0.25, -0.2) is 12.7 Å². The van der Waals surface area contributed by atoms with Crippen LogP contribution >= 0.6 is 0 Å². The quantitative estimate of drug-likeness (QED) is 0.836. The highest BCUT2D eigenvalue weighted by Gasteiger charge is 2.29. The van der Waals surface area contributed by atoms with Crippen LogP contribution in [0.25, 0.3) is 0 Å². The number of hydrogen-bond acceptors (Lipinski definition) is 3. The van der Waals surface area contributed by atoms with Crippen LogP contribution in [0.4, 0.5) is 0 Å². The second-order valence-electron chi connectivity index (χ2n) is 6.03. The number of hydrogen-bond donors (Lipinski definition) is 1. The molecule has 1 aromatic carbocycles. The number of sulfonamides is 1. The molecule has 2 saturated carbocycles. The number of nitrogens with zero attached hydrogens (tertiary/aromatic N) is 1. The van der Waals surface area contributed by atoms with E-state index in [0.29, 0.717) is 23.4 Å². The highest BCUT2D eigenvalue weighted by Crippen LogP contribution is 2.31. The van der Waals surface area contributed by atoms with Crippen LogP contribution in [-0.4, -0.2) is 32.4 Å². The summed E-state index contributed by atoms with van der Waals surface area (Å²) in [6, 6.07) is 7.94. The van der Waals surface area contributed by atoms with Crippen LogP contribution < -0.4 is 5.32 Å². The van der Waals surface area contributed by atoms with Crippen LogP contribution in [0.3, 0.4) is 0 Å². The third kappa shape index (κ3) is 3.40. The molecule has 0 amide bonds. The zero-order chi connectivity index (χ0) is 14.2. The first-order valence-electron chi connectivity index (χ1n) is 7.34. The highest BCUT2D eigenvalue weighted by atomic mass is 32.2. The van der Waals surface area contributed by atoms with Crippen molar-refractivity contribution in [2.24, 2.45) is 5.92 Å². The van der Waals surface area contributed by atoms with Gasteiger partial charge in [-0.05, 0) is 49.3 Å². The summed E-state index contributed by atoms with van der Waals surface area (Å²) in [6.45, 7) is 1.40. The van der Waals surface area contributed by atoms with E-state index in [1.807, 2.05) is 12.1 Å². The van der Waals surface area contributed by atoms with Crippen molar-refractivity contribution in [1.82, 2.24) is 9.62 Å². The highest BCUT2D eigenvalue weighted by molar-refractivity contribution is 7.89. The summed E-state index contributed by atoms with van der Waals surface area (Å²) in [5.41, 5.74) is 1.04. The van der Waals surface area contributed by atoms with E-state index in [1.165, 1.54) is 17.1 Å². The second-order valence-corrected chi connectivity index (χ2v) is 8.08. The molecule has 0 atom stereocenters. The Morgan fingerprint density at radius 2 is 2.00 bits per heavy atom. The third-order valence-corrected chi connectivity index (χ3v) is 5.81. The molecule has 0 bridgehead atoms. The molecule has 0 aliphatic heterocycles. The third-order valence-electron chi connectivity index (χ3n) is 3.99. The summed E-state index contributed by atoms with van der Waals surface area (Å²) in [4.78, 5) is 0.413. The van der Waals surface area contributed by atoms with Crippen LogP contribution in [0.15, 0.2) is 29.2 Å². The maximum atomic E-state index is 12.5. The van der Waals surface area contributed by atoms with Gasteiger partial charge in [0.25, 0.3) is 0 Å². The Hall–Kier alpha value is -0.910. The van der Waals surface area contributed by atoms with Crippen molar-refractivity contribution < 1.29 is 8.42 Å². The molecule has 2 fully saturated rings. The Bertz CT molecular complexity index is 577. The Morgan fingerprint density at radius 1 is 1.25 bits per heavy atom. The minimum Gasteiger partial charge on any atom is -0.310 e. The zero-order valence-electron chi connectivity index (χ0n) is 11.9. The lowest BCUT2D eigenvalue weighted by Crippen LogP contribution is -2.29. The molecule has 0 aromatic heterocycles. The summed E-state index contributed by atoms with van der Waals surface area (Å²) in [5, 5.41) is 3.41. The molecule has 1 aromatic rings. The Balaban J connectivity index is 1.71. The van der Waals surface area contributed by atoms with Crippen molar-refractivity contribution in [1.29, 1.82) is 0 Å². The maximum Gasteiger partial charge on any atom is 0.242 e. The molecular formula is C15H22N2O2S. The molecule has 110 valence electrons.